The second-order valence-corrected chi connectivity index (χ2v) is 14.7. The van der Waals surface area contributed by atoms with Crippen LogP contribution in [0.1, 0.15) is 62.3 Å². The van der Waals surface area contributed by atoms with E-state index in [4.69, 9.17) is 0 Å². The number of methoxy groups -OCH3 is 2. The number of aromatic amines is 2. The lowest BCUT2D eigenvalue weighted by molar-refractivity contribution is -0.154. The number of nitrogens with zero attached hydrogens (tertiary/aromatic N) is 4. The van der Waals surface area contributed by atoms with E-state index in [-0.39, 0.29) is 13.1 Å². The maximum atomic E-state index is 13.4. The van der Waals surface area contributed by atoms with Crippen LogP contribution in [-0.2, 0) is 19.1 Å². The van der Waals surface area contributed by atoms with Crippen molar-refractivity contribution in [1.82, 2.24) is 40.4 Å². The van der Waals surface area contributed by atoms with Gasteiger partial charge in [0.05, 0.1) is 62.1 Å². The molecule has 0 bridgehead atoms. The van der Waals surface area contributed by atoms with E-state index in [9.17, 15) is 45.5 Å². The van der Waals surface area contributed by atoms with E-state index in [0.29, 0.717) is 54.1 Å². The number of amides is 4. The van der Waals surface area contributed by atoms with Gasteiger partial charge in [0.25, 0.3) is 0 Å². The predicted octanol–water partition coefficient (Wildman–Crippen LogP) is 7.45. The molecular weight excluding hydrogens is 802 g/mol. The Morgan fingerprint density at radius 2 is 1.22 bits per heavy atom. The summed E-state index contributed by atoms with van der Waals surface area (Å²) in [4.78, 5) is 68.5. The van der Waals surface area contributed by atoms with Crippen molar-refractivity contribution in [2.45, 2.75) is 75.0 Å². The zero-order valence-electron chi connectivity index (χ0n) is 32.2. The third-order valence-electron chi connectivity index (χ3n) is 10.7. The maximum absolute atomic E-state index is 13.4. The molecule has 4 heterocycles. The normalized spacial score (nSPS) is 18.1. The van der Waals surface area contributed by atoms with Crippen molar-refractivity contribution < 1.29 is 55.0 Å². The lowest BCUT2D eigenvalue weighted by Gasteiger charge is -2.28. The number of carbonyl (C=O) groups excluding carboxylic acids is 4. The van der Waals surface area contributed by atoms with E-state index >= 15 is 0 Å². The molecule has 2 fully saturated rings. The molecule has 3 aromatic carbocycles. The molecule has 4 N–H and O–H groups in total. The van der Waals surface area contributed by atoms with Gasteiger partial charge in [0.1, 0.15) is 23.7 Å². The largest absolute Gasteiger partial charge is 0.453 e. The zero-order valence-corrected chi connectivity index (χ0v) is 32.2. The minimum Gasteiger partial charge on any atom is -0.453 e. The van der Waals surface area contributed by atoms with Crippen LogP contribution in [0.2, 0.25) is 0 Å². The van der Waals surface area contributed by atoms with Crippen molar-refractivity contribution in [3.63, 3.8) is 0 Å². The highest BCUT2D eigenvalue weighted by Gasteiger charge is 2.43. The standard InChI is InChI=1S/C40H40F6N8O6/c1-59-37(57)51-28(18-39(41,42)43)35(55)53-13-3-5-31(53)33-47-20-30(50-33)25-10-9-21-15-22(7-8-23(21)16-25)24-11-12-26-27(17-24)49-34(48-26)32-6-4-14-54(32)36(56)29(19-40(44,45)46)52-38(58)60-2/h7-12,15-17,20,28-29,31-32H,3-6,13-14,18-19H2,1-2H3,(H,47,50)(H,48,49)(H,51,57)(H,52,58)/t28-,29-,31-,32-/m0/s1. The first-order valence-electron chi connectivity index (χ1n) is 19.0. The van der Waals surface area contributed by atoms with Gasteiger partial charge in [-0.25, -0.2) is 19.6 Å². The molecule has 14 nitrogen and oxygen atoms in total. The van der Waals surface area contributed by atoms with E-state index in [1.54, 1.807) is 6.20 Å². The third kappa shape index (κ3) is 9.26. The molecule has 20 heteroatoms. The summed E-state index contributed by atoms with van der Waals surface area (Å²) in [6.45, 7) is 0.381. The molecule has 4 amide bonds. The molecule has 2 aliphatic rings. The molecule has 2 saturated heterocycles. The van der Waals surface area contributed by atoms with Gasteiger partial charge in [0, 0.05) is 18.7 Å². The fourth-order valence-electron chi connectivity index (χ4n) is 7.91. The zero-order chi connectivity index (χ0) is 42.9. The predicted molar refractivity (Wildman–Crippen MR) is 204 cm³/mol. The van der Waals surface area contributed by atoms with Crippen LogP contribution in [0.25, 0.3) is 44.2 Å². The summed E-state index contributed by atoms with van der Waals surface area (Å²) in [5.74, 6) is -0.945. The fourth-order valence-corrected chi connectivity index (χ4v) is 7.91. The van der Waals surface area contributed by atoms with Crippen LogP contribution in [0.3, 0.4) is 0 Å². The molecule has 60 heavy (non-hydrogen) atoms. The number of rotatable bonds is 10. The highest BCUT2D eigenvalue weighted by molar-refractivity contribution is 5.92. The number of hydrogen-bond acceptors (Lipinski definition) is 8. The first-order chi connectivity index (χ1) is 28.5. The van der Waals surface area contributed by atoms with E-state index in [1.807, 2.05) is 65.2 Å². The lowest BCUT2D eigenvalue weighted by Crippen LogP contribution is -2.50. The first-order valence-corrected chi connectivity index (χ1v) is 19.0. The van der Waals surface area contributed by atoms with Gasteiger partial charge in [-0.15, -0.1) is 0 Å². The summed E-state index contributed by atoms with van der Waals surface area (Å²) >= 11 is 0. The number of aromatic nitrogens is 4. The van der Waals surface area contributed by atoms with Gasteiger partial charge in [0.2, 0.25) is 11.8 Å². The molecule has 0 saturated carbocycles. The number of hydrogen-bond donors (Lipinski definition) is 4. The van der Waals surface area contributed by atoms with Crippen molar-refractivity contribution in [3.8, 4) is 22.4 Å². The van der Waals surface area contributed by atoms with Gasteiger partial charge in [-0.1, -0.05) is 30.3 Å². The van der Waals surface area contributed by atoms with E-state index < -0.39 is 73.4 Å². The summed E-state index contributed by atoms with van der Waals surface area (Å²) in [5.41, 5.74) is 4.40. The maximum Gasteiger partial charge on any atom is 0.407 e. The highest BCUT2D eigenvalue weighted by Crippen LogP contribution is 2.37. The summed E-state index contributed by atoms with van der Waals surface area (Å²) in [5, 5.41) is 5.85. The fraction of sp³-hybridized carbons (Fsp3) is 0.400. The average Bonchev–Trinajstić information content (AvgIpc) is 4.04. The number of ether oxygens (including phenoxy) is 2. The van der Waals surface area contributed by atoms with Crippen molar-refractivity contribution in [2.75, 3.05) is 27.3 Å². The Kier molecular flexibility index (Phi) is 11.7. The smallest absolute Gasteiger partial charge is 0.407 e. The summed E-state index contributed by atoms with van der Waals surface area (Å²) in [6.07, 6.45) is -11.2. The summed E-state index contributed by atoms with van der Waals surface area (Å²) in [7, 11) is 2.00. The van der Waals surface area contributed by atoms with E-state index in [1.165, 1.54) is 9.80 Å². The number of imidazole rings is 2. The van der Waals surface area contributed by atoms with Crippen molar-refractivity contribution >= 4 is 45.8 Å². The Balaban J connectivity index is 1.07. The number of halogens is 6. The van der Waals surface area contributed by atoms with E-state index in [2.05, 4.69) is 29.4 Å². The molecule has 0 aliphatic carbocycles. The van der Waals surface area contributed by atoms with Crippen molar-refractivity contribution in [2.24, 2.45) is 0 Å². The molecule has 2 aromatic heterocycles. The van der Waals surface area contributed by atoms with Crippen LogP contribution in [0.15, 0.2) is 60.8 Å². The number of carbonyl (C=O) groups is 4. The molecule has 0 spiro atoms. The number of benzene rings is 3. The summed E-state index contributed by atoms with van der Waals surface area (Å²) < 4.78 is 89.0. The minimum atomic E-state index is -4.71. The van der Waals surface area contributed by atoms with Crippen molar-refractivity contribution in [1.29, 1.82) is 0 Å². The number of likely N-dealkylation sites (tertiary alicyclic amines) is 2. The summed E-state index contributed by atoms with van der Waals surface area (Å²) in [6, 6.07) is 12.3. The van der Waals surface area contributed by atoms with Crippen LogP contribution < -0.4 is 10.6 Å². The van der Waals surface area contributed by atoms with Gasteiger partial charge in [-0.3, -0.25) is 9.59 Å². The topological polar surface area (TPSA) is 175 Å². The monoisotopic (exact) mass is 842 g/mol. The molecule has 318 valence electrons. The first kappa shape index (κ1) is 41.8. The number of fused-ring (bicyclic) bond motifs is 2. The van der Waals surface area contributed by atoms with Gasteiger partial charge < -0.3 is 39.9 Å². The van der Waals surface area contributed by atoms with E-state index in [0.717, 1.165) is 41.7 Å². The molecule has 7 rings (SSSR count). The molecule has 0 unspecified atom stereocenters. The minimum absolute atomic E-state index is 0.190. The van der Waals surface area contributed by atoms with Crippen LogP contribution in [0.5, 0.6) is 0 Å². The van der Waals surface area contributed by atoms with Gasteiger partial charge in [0.15, 0.2) is 0 Å². The Labute approximate surface area is 338 Å². The molecule has 2 aliphatic heterocycles. The highest BCUT2D eigenvalue weighted by atomic mass is 19.4. The number of alkyl carbamates (subject to hydrolysis) is 2. The Hall–Kier alpha value is -6.34. The van der Waals surface area contributed by atoms with Gasteiger partial charge >= 0.3 is 24.5 Å². The lowest BCUT2D eigenvalue weighted by atomic mass is 9.99. The van der Waals surface area contributed by atoms with Crippen LogP contribution in [-0.4, -0.2) is 105 Å². The number of alkyl halides is 6. The average molecular weight is 843 g/mol. The van der Waals surface area contributed by atoms with Gasteiger partial charge in [-0.2, -0.15) is 26.3 Å². The molecule has 0 radical (unpaired) electrons. The van der Waals surface area contributed by atoms with Crippen LogP contribution in [0.4, 0.5) is 35.9 Å². The van der Waals surface area contributed by atoms with Crippen molar-refractivity contribution in [3.05, 3.63) is 72.4 Å². The quantitative estimate of drug-likeness (QED) is 0.105. The third-order valence-corrected chi connectivity index (χ3v) is 10.7. The Morgan fingerprint density at radius 1 is 0.717 bits per heavy atom. The second-order valence-electron chi connectivity index (χ2n) is 14.7. The molecule has 5 aromatic rings. The molecular formula is C40H40F6N8O6. The van der Waals surface area contributed by atoms with Gasteiger partial charge in [-0.05, 0) is 71.8 Å². The number of nitrogens with one attached hydrogen (secondary N) is 4. The Morgan fingerprint density at radius 3 is 1.77 bits per heavy atom. The SMILES string of the molecule is COC(=O)N[C@@H](CC(F)(F)F)C(=O)N1CCC[C@H]1c1ncc(-c2ccc3cc(-c4ccc5nc([C@@H]6CCCN6C(=O)[C@H](CC(F)(F)F)NC(=O)OC)[nH]c5c4)ccc3c2)[nH]1. The van der Waals surface area contributed by atoms with Crippen LogP contribution in [0, 0.1) is 0 Å². The Bertz CT molecular complexity index is 2410. The second kappa shape index (κ2) is 16.7. The molecule has 4 atom stereocenters. The van der Waals surface area contributed by atoms with Crippen LogP contribution >= 0.6 is 0 Å². The number of H-pyrrole nitrogens is 2.